The van der Waals surface area contributed by atoms with E-state index in [1.807, 2.05) is 41.5 Å². The zero-order chi connectivity index (χ0) is 32.8. The van der Waals surface area contributed by atoms with Gasteiger partial charge in [0.05, 0.1) is 11.4 Å². The molecule has 0 amide bonds. The minimum absolute atomic E-state index is 0.365. The summed E-state index contributed by atoms with van der Waals surface area (Å²) in [5, 5.41) is 3.22. The summed E-state index contributed by atoms with van der Waals surface area (Å²) in [4.78, 5) is 4.04. The Morgan fingerprint density at radius 2 is 1.10 bits per heavy atom. The van der Waals surface area contributed by atoms with Gasteiger partial charge in [0.1, 0.15) is 0 Å². The molecule has 0 aromatic rings. The molecule has 0 rings (SSSR count). The van der Waals surface area contributed by atoms with E-state index in [1.54, 1.807) is 7.05 Å². The lowest BCUT2D eigenvalue weighted by Gasteiger charge is -2.15. The van der Waals surface area contributed by atoms with Crippen LogP contribution >= 0.6 is 0 Å². The van der Waals surface area contributed by atoms with Crippen molar-refractivity contribution in [3.05, 3.63) is 48.9 Å². The minimum Gasteiger partial charge on any atom is -0.397 e. The lowest BCUT2D eigenvalue weighted by molar-refractivity contribution is 0.544. The summed E-state index contributed by atoms with van der Waals surface area (Å²) in [6, 6.07) is 0.365. The average Bonchev–Trinajstić information content (AvgIpc) is 2.96. The van der Waals surface area contributed by atoms with Gasteiger partial charge in [0.2, 0.25) is 0 Å². The first kappa shape index (κ1) is 53.5. The molecule has 0 saturated heterocycles. The van der Waals surface area contributed by atoms with Crippen LogP contribution < -0.4 is 11.1 Å². The highest BCUT2D eigenvalue weighted by atomic mass is 14.9. The first-order chi connectivity index (χ1) is 18.4. The number of unbranched alkanes of at least 4 members (excludes halogenated alkanes) is 4. The molecule has 0 saturated carbocycles. The molecule has 0 bridgehead atoms. The van der Waals surface area contributed by atoms with E-state index in [0.29, 0.717) is 11.7 Å². The highest BCUT2D eigenvalue weighted by molar-refractivity contribution is 5.98. The summed E-state index contributed by atoms with van der Waals surface area (Å²) in [7, 11) is 1.73. The van der Waals surface area contributed by atoms with Crippen molar-refractivity contribution in [2.45, 2.75) is 168 Å². The van der Waals surface area contributed by atoms with Gasteiger partial charge in [0, 0.05) is 18.8 Å². The predicted molar refractivity (Wildman–Crippen MR) is 191 cm³/mol. The number of hydrogen-bond donors (Lipinski definition) is 2. The van der Waals surface area contributed by atoms with Crippen molar-refractivity contribution in [3.8, 4) is 0 Å². The van der Waals surface area contributed by atoms with Crippen LogP contribution in [0.4, 0.5) is 0 Å². The molecule has 0 aliphatic carbocycles. The Hall–Kier alpha value is -1.77. The standard InChI is InChI=1S/C11H21N3.C7H14.2C6H14.2C2H6.C2H4/c1-7(2)14-9(4)8(3)11(12)10(5)13-6;1-4-5-6-7(2)3;1-4-6(3)5-2;1-3-5-6-4-2;3*1-2/h7,14H,4,12H2,1-3,5-6H3;2,4-6H2,1,3H3;6H,4-5H2,1-3H3;3-6H2,1-2H3;2*1-2H3;1-2H2/b11-8+,13-10?;;;;;;. The summed E-state index contributed by atoms with van der Waals surface area (Å²) in [6.45, 7) is 45.2. The van der Waals surface area contributed by atoms with Crippen LogP contribution in [-0.2, 0) is 0 Å². The summed E-state index contributed by atoms with van der Waals surface area (Å²) in [6.07, 6.45) is 12.0. The molecule has 39 heavy (non-hydrogen) atoms. The molecule has 0 atom stereocenters. The second-order valence-electron chi connectivity index (χ2n) is 9.31. The van der Waals surface area contributed by atoms with Gasteiger partial charge in [-0.1, -0.05) is 126 Å². The fourth-order valence-electron chi connectivity index (χ4n) is 2.28. The Labute approximate surface area is 251 Å². The van der Waals surface area contributed by atoms with Gasteiger partial charge < -0.3 is 11.1 Å². The van der Waals surface area contributed by atoms with E-state index in [0.717, 1.165) is 22.9 Å². The number of aliphatic imine (C=N–C) groups is 1. The predicted octanol–water partition coefficient (Wildman–Crippen LogP) is 12.5. The fraction of sp³-hybridized carbons (Fsp3) is 0.750. The van der Waals surface area contributed by atoms with Gasteiger partial charge >= 0.3 is 0 Å². The molecule has 0 aliphatic rings. The van der Waals surface area contributed by atoms with Crippen LogP contribution in [-0.4, -0.2) is 18.8 Å². The smallest absolute Gasteiger partial charge is 0.0575 e. The second kappa shape index (κ2) is 49.2. The molecule has 0 radical (unpaired) electrons. The second-order valence-corrected chi connectivity index (χ2v) is 9.31. The van der Waals surface area contributed by atoms with Crippen LogP contribution in [0.25, 0.3) is 0 Å². The van der Waals surface area contributed by atoms with Crippen molar-refractivity contribution >= 4 is 5.71 Å². The van der Waals surface area contributed by atoms with Crippen molar-refractivity contribution in [1.29, 1.82) is 0 Å². The van der Waals surface area contributed by atoms with Gasteiger partial charge in [-0.3, -0.25) is 4.99 Å². The molecule has 0 aromatic carbocycles. The van der Waals surface area contributed by atoms with E-state index in [-0.39, 0.29) is 0 Å². The zero-order valence-corrected chi connectivity index (χ0v) is 30.4. The molecular formula is C36H79N3. The third-order valence-corrected chi connectivity index (χ3v) is 5.35. The number of hydrogen-bond acceptors (Lipinski definition) is 3. The van der Waals surface area contributed by atoms with Gasteiger partial charge in [-0.2, -0.15) is 0 Å². The van der Waals surface area contributed by atoms with E-state index in [2.05, 4.69) is 98.9 Å². The fourth-order valence-corrected chi connectivity index (χ4v) is 2.28. The molecule has 0 spiro atoms. The van der Waals surface area contributed by atoms with E-state index in [1.165, 1.54) is 63.4 Å². The number of nitrogens with one attached hydrogen (secondary N) is 1. The minimum atomic E-state index is 0.365. The molecule has 0 aliphatic heterocycles. The van der Waals surface area contributed by atoms with Crippen LogP contribution in [0.2, 0.25) is 0 Å². The highest BCUT2D eigenvalue weighted by Gasteiger charge is 2.05. The number of allylic oxidation sites excluding steroid dienone is 3. The monoisotopic (exact) mass is 554 g/mol. The third-order valence-electron chi connectivity index (χ3n) is 5.35. The molecule has 3 N–H and O–H groups in total. The maximum absolute atomic E-state index is 5.90. The normalized spacial score (nSPS) is 9.95. The number of rotatable bonds is 12. The largest absolute Gasteiger partial charge is 0.397 e. The van der Waals surface area contributed by atoms with Gasteiger partial charge in [-0.15, -0.1) is 19.7 Å². The van der Waals surface area contributed by atoms with Gasteiger partial charge in [-0.05, 0) is 59.0 Å². The Balaban J connectivity index is -0.0000000699. The topological polar surface area (TPSA) is 50.4 Å². The van der Waals surface area contributed by atoms with Crippen LogP contribution in [0.3, 0.4) is 0 Å². The summed E-state index contributed by atoms with van der Waals surface area (Å²) >= 11 is 0. The average molecular weight is 554 g/mol. The third kappa shape index (κ3) is 57.3. The molecule has 0 fully saturated rings. The van der Waals surface area contributed by atoms with Gasteiger partial charge in [0.15, 0.2) is 0 Å². The van der Waals surface area contributed by atoms with Crippen LogP contribution in [0.5, 0.6) is 0 Å². The first-order valence-electron chi connectivity index (χ1n) is 15.9. The van der Waals surface area contributed by atoms with E-state index in [9.17, 15) is 0 Å². The SMILES string of the molecule is C=C.C=C(C)CCCC.C=C(NC(C)C)/C(C)=C(/N)C(C)=NC.CC.CC.CCC(C)CC.CCCCCC. The lowest BCUT2D eigenvalue weighted by atomic mass is 10.1. The molecule has 3 heteroatoms. The Kier molecular flexibility index (Phi) is 67.5. The molecule has 0 heterocycles. The van der Waals surface area contributed by atoms with Crippen LogP contribution in [0.1, 0.15) is 162 Å². The Morgan fingerprint density at radius 1 is 0.744 bits per heavy atom. The molecule has 0 aromatic heterocycles. The molecule has 238 valence electrons. The molecule has 3 nitrogen and oxygen atoms in total. The maximum atomic E-state index is 5.90. The Bertz CT molecular complexity index is 519. The van der Waals surface area contributed by atoms with E-state index < -0.39 is 0 Å². The number of nitrogens with two attached hydrogens (primary N) is 1. The van der Waals surface area contributed by atoms with Crippen molar-refractivity contribution in [2.75, 3.05) is 7.05 Å². The van der Waals surface area contributed by atoms with Crippen LogP contribution in [0, 0.1) is 5.92 Å². The van der Waals surface area contributed by atoms with Gasteiger partial charge in [-0.25, -0.2) is 0 Å². The Morgan fingerprint density at radius 3 is 1.28 bits per heavy atom. The summed E-state index contributed by atoms with van der Waals surface area (Å²) in [5.41, 5.74) is 10.6. The van der Waals surface area contributed by atoms with E-state index >= 15 is 0 Å². The summed E-state index contributed by atoms with van der Waals surface area (Å²) in [5.74, 6) is 0.935. The zero-order valence-electron chi connectivity index (χ0n) is 30.4. The highest BCUT2D eigenvalue weighted by Crippen LogP contribution is 2.09. The van der Waals surface area contributed by atoms with Crippen molar-refractivity contribution in [2.24, 2.45) is 16.6 Å². The first-order valence-corrected chi connectivity index (χ1v) is 15.9. The lowest BCUT2D eigenvalue weighted by Crippen LogP contribution is -2.24. The van der Waals surface area contributed by atoms with Crippen molar-refractivity contribution in [1.82, 2.24) is 5.32 Å². The van der Waals surface area contributed by atoms with Crippen LogP contribution in [0.15, 0.2) is 53.8 Å². The maximum Gasteiger partial charge on any atom is 0.0575 e. The van der Waals surface area contributed by atoms with Gasteiger partial charge in [0.25, 0.3) is 0 Å². The van der Waals surface area contributed by atoms with E-state index in [4.69, 9.17) is 5.73 Å². The van der Waals surface area contributed by atoms with Crippen molar-refractivity contribution in [3.63, 3.8) is 0 Å². The van der Waals surface area contributed by atoms with Crippen molar-refractivity contribution < 1.29 is 0 Å². The quantitative estimate of drug-likeness (QED) is 0.109. The number of nitrogens with zero attached hydrogens (tertiary/aromatic N) is 1. The summed E-state index contributed by atoms with van der Waals surface area (Å²) < 4.78 is 0. The molecular weight excluding hydrogens is 474 g/mol. The molecule has 0 unspecified atom stereocenters.